The molecule has 1 aromatic rings. The highest BCUT2D eigenvalue weighted by molar-refractivity contribution is 5.93. The normalized spacial score (nSPS) is 23.5. The number of methoxy groups -OCH3 is 2. The van der Waals surface area contributed by atoms with Gasteiger partial charge in [0.25, 0.3) is 0 Å². The zero-order valence-electron chi connectivity index (χ0n) is 12.0. The molecule has 112 valence electrons. The molecule has 6 nitrogen and oxygen atoms in total. The molecule has 6 heteroatoms. The Labute approximate surface area is 122 Å². The first-order valence-electron chi connectivity index (χ1n) is 6.84. The van der Waals surface area contributed by atoms with E-state index in [1.807, 2.05) is 0 Å². The molecule has 2 aliphatic rings. The van der Waals surface area contributed by atoms with Gasteiger partial charge in [-0.2, -0.15) is 0 Å². The fraction of sp³-hybridized carbons (Fsp3) is 0.467. The van der Waals surface area contributed by atoms with Gasteiger partial charge in [0.05, 0.1) is 20.6 Å². The lowest BCUT2D eigenvalue weighted by Gasteiger charge is -2.40. The van der Waals surface area contributed by atoms with Crippen molar-refractivity contribution in [1.82, 2.24) is 4.90 Å². The number of benzene rings is 1. The fourth-order valence-corrected chi connectivity index (χ4v) is 3.48. The van der Waals surface area contributed by atoms with Crippen molar-refractivity contribution in [1.29, 1.82) is 0 Å². The number of fused-ring (bicyclic) bond motifs is 3. The van der Waals surface area contributed by atoms with Crippen molar-refractivity contribution in [2.45, 2.75) is 24.8 Å². The summed E-state index contributed by atoms with van der Waals surface area (Å²) in [6.45, 7) is 0.485. The molecule has 1 saturated heterocycles. The van der Waals surface area contributed by atoms with Crippen LogP contribution in [-0.2, 0) is 21.5 Å². The molecule has 0 saturated carbocycles. The lowest BCUT2D eigenvalue weighted by atomic mass is 9.80. The topological polar surface area (TPSA) is 76.1 Å². The van der Waals surface area contributed by atoms with Gasteiger partial charge in [0, 0.05) is 6.54 Å². The number of nitrogens with zero attached hydrogens (tertiary/aromatic N) is 1. The van der Waals surface area contributed by atoms with E-state index in [9.17, 15) is 14.7 Å². The number of carbonyl (C=O) groups excluding carboxylic acids is 1. The van der Waals surface area contributed by atoms with Crippen molar-refractivity contribution in [3.63, 3.8) is 0 Å². The Kier molecular flexibility index (Phi) is 3.04. The van der Waals surface area contributed by atoms with E-state index >= 15 is 0 Å². The molecule has 1 N–H and O–H groups in total. The second-order valence-corrected chi connectivity index (χ2v) is 5.36. The maximum absolute atomic E-state index is 12.3. The molecular weight excluding hydrogens is 274 g/mol. The van der Waals surface area contributed by atoms with Gasteiger partial charge < -0.3 is 19.5 Å². The highest BCUT2D eigenvalue weighted by Gasteiger charge is 2.55. The third-order valence-electron chi connectivity index (χ3n) is 4.43. The summed E-state index contributed by atoms with van der Waals surface area (Å²) in [4.78, 5) is 25.7. The van der Waals surface area contributed by atoms with Crippen molar-refractivity contribution in [2.75, 3.05) is 20.8 Å². The van der Waals surface area contributed by atoms with Crippen molar-refractivity contribution >= 4 is 11.9 Å². The molecule has 0 aromatic heterocycles. The molecule has 1 fully saturated rings. The van der Waals surface area contributed by atoms with Crippen LogP contribution in [0, 0.1) is 0 Å². The summed E-state index contributed by atoms with van der Waals surface area (Å²) in [5.74, 6) is -0.134. The van der Waals surface area contributed by atoms with E-state index in [0.29, 0.717) is 42.0 Å². The van der Waals surface area contributed by atoms with Gasteiger partial charge in [0.15, 0.2) is 17.0 Å². The largest absolute Gasteiger partial charge is 0.493 e. The van der Waals surface area contributed by atoms with E-state index in [0.717, 1.165) is 0 Å². The Balaban J connectivity index is 2.26. The zero-order valence-corrected chi connectivity index (χ0v) is 12.0. The minimum atomic E-state index is -1.26. The summed E-state index contributed by atoms with van der Waals surface area (Å²) in [6, 6.07) is 3.42. The SMILES string of the molecule is COc1cc2c(cc1OC)C1(C(=O)O)CCCN1C(=O)C2. The minimum Gasteiger partial charge on any atom is -0.493 e. The Morgan fingerprint density at radius 3 is 2.57 bits per heavy atom. The highest BCUT2D eigenvalue weighted by atomic mass is 16.5. The molecule has 3 rings (SSSR count). The van der Waals surface area contributed by atoms with E-state index in [4.69, 9.17) is 9.47 Å². The maximum Gasteiger partial charge on any atom is 0.334 e. The molecule has 1 unspecified atom stereocenters. The quantitative estimate of drug-likeness (QED) is 0.904. The Hall–Kier alpha value is -2.24. The van der Waals surface area contributed by atoms with Crippen LogP contribution < -0.4 is 9.47 Å². The van der Waals surface area contributed by atoms with Gasteiger partial charge >= 0.3 is 5.97 Å². The van der Waals surface area contributed by atoms with Crippen LogP contribution in [-0.4, -0.2) is 42.6 Å². The van der Waals surface area contributed by atoms with E-state index in [2.05, 4.69) is 0 Å². The van der Waals surface area contributed by atoms with Crippen LogP contribution in [0.2, 0.25) is 0 Å². The standard InChI is InChI=1S/C15H17NO5/c1-20-11-6-9-7-13(17)16-5-3-4-15(16,14(18)19)10(9)8-12(11)21-2/h6,8H,3-5,7H2,1-2H3,(H,18,19). The van der Waals surface area contributed by atoms with E-state index in [1.54, 1.807) is 12.1 Å². The van der Waals surface area contributed by atoms with Crippen LogP contribution in [0.5, 0.6) is 11.5 Å². The van der Waals surface area contributed by atoms with Crippen molar-refractivity contribution in [2.24, 2.45) is 0 Å². The van der Waals surface area contributed by atoms with E-state index in [1.165, 1.54) is 19.1 Å². The number of carboxylic acid groups (broad SMARTS) is 1. The molecule has 0 spiro atoms. The second-order valence-electron chi connectivity index (χ2n) is 5.36. The van der Waals surface area contributed by atoms with Crippen LogP contribution in [0.1, 0.15) is 24.0 Å². The van der Waals surface area contributed by atoms with E-state index < -0.39 is 11.5 Å². The van der Waals surface area contributed by atoms with Gasteiger partial charge in [0.1, 0.15) is 0 Å². The van der Waals surface area contributed by atoms with Crippen molar-refractivity contribution < 1.29 is 24.2 Å². The van der Waals surface area contributed by atoms with Crippen LogP contribution in [0.15, 0.2) is 12.1 Å². The Bertz CT molecular complexity index is 627. The molecule has 2 heterocycles. The molecule has 0 radical (unpaired) electrons. The first-order chi connectivity index (χ1) is 10.0. The summed E-state index contributed by atoms with van der Waals surface area (Å²) >= 11 is 0. The molecule has 1 amide bonds. The summed E-state index contributed by atoms with van der Waals surface area (Å²) < 4.78 is 10.5. The number of rotatable bonds is 3. The molecule has 0 aliphatic carbocycles. The first-order valence-corrected chi connectivity index (χ1v) is 6.84. The Morgan fingerprint density at radius 1 is 1.29 bits per heavy atom. The molecule has 21 heavy (non-hydrogen) atoms. The van der Waals surface area contributed by atoms with Crippen molar-refractivity contribution in [3.05, 3.63) is 23.3 Å². The summed E-state index contributed by atoms with van der Waals surface area (Å²) in [7, 11) is 3.03. The number of carboxylic acids is 1. The molecule has 1 atom stereocenters. The lowest BCUT2D eigenvalue weighted by molar-refractivity contribution is -0.158. The molecular formula is C15H17NO5. The molecule has 2 aliphatic heterocycles. The minimum absolute atomic E-state index is 0.144. The summed E-state index contributed by atoms with van der Waals surface area (Å²) in [5, 5.41) is 9.79. The summed E-state index contributed by atoms with van der Waals surface area (Å²) in [5.41, 5.74) is 0.0902. The zero-order chi connectivity index (χ0) is 15.2. The fourth-order valence-electron chi connectivity index (χ4n) is 3.48. The number of carbonyl (C=O) groups is 2. The molecule has 1 aromatic carbocycles. The maximum atomic E-state index is 12.3. The number of amides is 1. The van der Waals surface area contributed by atoms with Gasteiger partial charge in [0.2, 0.25) is 5.91 Å². The van der Waals surface area contributed by atoms with Crippen LogP contribution >= 0.6 is 0 Å². The van der Waals surface area contributed by atoms with Crippen molar-refractivity contribution in [3.8, 4) is 11.5 Å². The summed E-state index contributed by atoms with van der Waals surface area (Å²) in [6.07, 6.45) is 1.31. The number of hydrogen-bond donors (Lipinski definition) is 1. The third kappa shape index (κ3) is 1.71. The lowest BCUT2D eigenvalue weighted by Crippen LogP contribution is -2.54. The van der Waals surface area contributed by atoms with Crippen LogP contribution in [0.25, 0.3) is 0 Å². The second kappa shape index (κ2) is 4.65. The van der Waals surface area contributed by atoms with Crippen LogP contribution in [0.4, 0.5) is 0 Å². The molecule has 0 bridgehead atoms. The Morgan fingerprint density at radius 2 is 1.95 bits per heavy atom. The average Bonchev–Trinajstić information content (AvgIpc) is 2.93. The van der Waals surface area contributed by atoms with Gasteiger partial charge in [-0.25, -0.2) is 4.79 Å². The predicted molar refractivity (Wildman–Crippen MR) is 73.5 cm³/mol. The monoisotopic (exact) mass is 291 g/mol. The highest BCUT2D eigenvalue weighted by Crippen LogP contribution is 2.47. The number of hydrogen-bond acceptors (Lipinski definition) is 4. The first kappa shape index (κ1) is 13.7. The van der Waals surface area contributed by atoms with Gasteiger partial charge in [-0.1, -0.05) is 0 Å². The number of ether oxygens (including phenoxy) is 2. The van der Waals surface area contributed by atoms with Gasteiger partial charge in [-0.05, 0) is 36.1 Å². The number of aliphatic carboxylic acids is 1. The van der Waals surface area contributed by atoms with Gasteiger partial charge in [-0.3, -0.25) is 4.79 Å². The van der Waals surface area contributed by atoms with Crippen LogP contribution in [0.3, 0.4) is 0 Å². The van der Waals surface area contributed by atoms with Gasteiger partial charge in [-0.15, -0.1) is 0 Å². The smallest absolute Gasteiger partial charge is 0.334 e. The third-order valence-corrected chi connectivity index (χ3v) is 4.43. The predicted octanol–water partition coefficient (Wildman–Crippen LogP) is 1.16. The average molecular weight is 291 g/mol. The van der Waals surface area contributed by atoms with E-state index in [-0.39, 0.29) is 12.3 Å².